The van der Waals surface area contributed by atoms with Crippen molar-refractivity contribution in [3.8, 4) is 6.07 Å². The first-order chi connectivity index (χ1) is 13.1. The Bertz CT molecular complexity index is 879. The van der Waals surface area contributed by atoms with Gasteiger partial charge in [-0.2, -0.15) is 18.4 Å². The molecule has 150 valence electrons. The summed E-state index contributed by atoms with van der Waals surface area (Å²) in [6.45, 7) is 5.01. The van der Waals surface area contributed by atoms with E-state index in [-0.39, 0.29) is 23.3 Å². The predicted octanol–water partition coefficient (Wildman–Crippen LogP) is 4.95. The Morgan fingerprint density at radius 2 is 2.00 bits per heavy atom. The Morgan fingerprint density at radius 1 is 1.32 bits per heavy atom. The molecule has 1 aliphatic rings. The quantitative estimate of drug-likeness (QED) is 0.565. The van der Waals surface area contributed by atoms with Crippen LogP contribution in [0.15, 0.2) is 40.7 Å². The maximum Gasteiger partial charge on any atom is 0.416 e. The molecule has 0 amide bonds. The lowest BCUT2D eigenvalue weighted by Crippen LogP contribution is -2.31. The largest absolute Gasteiger partial charge is 0.463 e. The van der Waals surface area contributed by atoms with Crippen molar-refractivity contribution in [2.24, 2.45) is 0 Å². The van der Waals surface area contributed by atoms with Gasteiger partial charge in [-0.3, -0.25) is 0 Å². The molecule has 2 rings (SSSR count). The first-order valence-corrected chi connectivity index (χ1v) is 8.80. The van der Waals surface area contributed by atoms with Crippen LogP contribution in [0.2, 0.25) is 0 Å². The standard InChI is InChI=1S/C20H20F4N2O2/c1-4-6-16-18(19(27)28-5-2)17(14(10-25)11(3)26-16)13-8-7-12(21)9-15(13)20(22,23)24/h7-9,17,26H,4-6H2,1-3H3. The SMILES string of the molecule is CCCC1=C(C(=O)OCC)C(c2ccc(F)cc2C(F)(F)F)C(C#N)=C(C)N1. The van der Waals surface area contributed by atoms with Crippen molar-refractivity contribution in [3.05, 3.63) is 57.7 Å². The molecule has 1 aromatic carbocycles. The number of benzene rings is 1. The normalized spacial score (nSPS) is 17.3. The molecule has 1 heterocycles. The summed E-state index contributed by atoms with van der Waals surface area (Å²) in [5, 5.41) is 12.6. The van der Waals surface area contributed by atoms with Crippen LogP contribution in [-0.4, -0.2) is 12.6 Å². The number of esters is 1. The molecular weight excluding hydrogens is 376 g/mol. The van der Waals surface area contributed by atoms with E-state index < -0.39 is 29.4 Å². The number of nitrogens with one attached hydrogen (secondary N) is 1. The van der Waals surface area contributed by atoms with Gasteiger partial charge < -0.3 is 10.1 Å². The summed E-state index contributed by atoms with van der Waals surface area (Å²) in [4.78, 5) is 12.7. The van der Waals surface area contributed by atoms with Crippen LogP contribution in [0, 0.1) is 17.1 Å². The second kappa shape index (κ2) is 8.46. The number of hydrogen-bond acceptors (Lipinski definition) is 4. The Labute approximate surface area is 160 Å². The average Bonchev–Trinajstić information content (AvgIpc) is 2.61. The highest BCUT2D eigenvalue weighted by Crippen LogP contribution is 2.44. The number of carbonyl (C=O) groups excluding carboxylic acids is 1. The Hall–Kier alpha value is -2.82. The average molecular weight is 396 g/mol. The highest BCUT2D eigenvalue weighted by atomic mass is 19.4. The fourth-order valence-electron chi connectivity index (χ4n) is 3.28. The van der Waals surface area contributed by atoms with Gasteiger partial charge in [0.2, 0.25) is 0 Å². The molecule has 0 saturated carbocycles. The molecule has 0 saturated heterocycles. The highest BCUT2D eigenvalue weighted by Gasteiger charge is 2.41. The van der Waals surface area contributed by atoms with Gasteiger partial charge in [-0.05, 0) is 38.0 Å². The minimum Gasteiger partial charge on any atom is -0.463 e. The molecule has 4 nitrogen and oxygen atoms in total. The molecule has 8 heteroatoms. The van der Waals surface area contributed by atoms with Gasteiger partial charge in [-0.1, -0.05) is 19.4 Å². The summed E-state index contributed by atoms with van der Waals surface area (Å²) in [6, 6.07) is 4.14. The molecule has 1 aliphatic heterocycles. The van der Waals surface area contributed by atoms with E-state index in [1.54, 1.807) is 13.8 Å². The summed E-state index contributed by atoms with van der Waals surface area (Å²) >= 11 is 0. The molecule has 0 bridgehead atoms. The van der Waals surface area contributed by atoms with E-state index in [1.165, 1.54) is 0 Å². The summed E-state index contributed by atoms with van der Waals surface area (Å²) in [5.41, 5.74) is -0.926. The topological polar surface area (TPSA) is 62.1 Å². The van der Waals surface area contributed by atoms with Crippen LogP contribution < -0.4 is 5.32 Å². The number of rotatable bonds is 5. The van der Waals surface area contributed by atoms with Gasteiger partial charge in [0, 0.05) is 11.4 Å². The van der Waals surface area contributed by atoms with Crippen molar-refractivity contribution in [3.63, 3.8) is 0 Å². The number of nitrogens with zero attached hydrogens (tertiary/aromatic N) is 1. The van der Waals surface area contributed by atoms with Crippen LogP contribution in [-0.2, 0) is 15.7 Å². The van der Waals surface area contributed by atoms with Gasteiger partial charge in [0.15, 0.2) is 0 Å². The smallest absolute Gasteiger partial charge is 0.416 e. The lowest BCUT2D eigenvalue weighted by molar-refractivity contribution is -0.140. The van der Waals surface area contributed by atoms with Gasteiger partial charge in [-0.15, -0.1) is 0 Å². The van der Waals surface area contributed by atoms with Crippen LogP contribution in [0.25, 0.3) is 0 Å². The van der Waals surface area contributed by atoms with Crippen molar-refractivity contribution in [1.29, 1.82) is 5.26 Å². The van der Waals surface area contributed by atoms with E-state index in [1.807, 2.05) is 13.0 Å². The molecule has 0 aromatic heterocycles. The summed E-state index contributed by atoms with van der Waals surface area (Å²) < 4.78 is 59.5. The van der Waals surface area contributed by atoms with Crippen LogP contribution in [0.4, 0.5) is 17.6 Å². The van der Waals surface area contributed by atoms with E-state index in [0.717, 1.165) is 12.1 Å². The van der Waals surface area contributed by atoms with Gasteiger partial charge in [0.05, 0.1) is 35.3 Å². The number of carbonyl (C=O) groups is 1. The summed E-state index contributed by atoms with van der Waals surface area (Å²) in [7, 11) is 0. The van der Waals surface area contributed by atoms with Gasteiger partial charge in [0.1, 0.15) is 5.82 Å². The fourth-order valence-corrected chi connectivity index (χ4v) is 3.28. The van der Waals surface area contributed by atoms with Crippen LogP contribution in [0.5, 0.6) is 0 Å². The van der Waals surface area contributed by atoms with Gasteiger partial charge >= 0.3 is 12.1 Å². The van der Waals surface area contributed by atoms with Crippen LogP contribution in [0.1, 0.15) is 50.7 Å². The number of ether oxygens (including phenoxy) is 1. The van der Waals surface area contributed by atoms with Crippen molar-refractivity contribution < 1.29 is 27.1 Å². The van der Waals surface area contributed by atoms with Crippen LogP contribution >= 0.6 is 0 Å². The third kappa shape index (κ3) is 4.19. The maximum atomic E-state index is 13.6. The molecule has 0 aliphatic carbocycles. The number of dihydropyridines is 1. The van der Waals surface area contributed by atoms with Gasteiger partial charge in [0.25, 0.3) is 0 Å². The molecule has 1 N–H and O–H groups in total. The minimum absolute atomic E-state index is 0.0224. The zero-order valence-corrected chi connectivity index (χ0v) is 15.7. The molecular formula is C20H20F4N2O2. The third-order valence-corrected chi connectivity index (χ3v) is 4.39. The van der Waals surface area contributed by atoms with E-state index >= 15 is 0 Å². The molecule has 0 radical (unpaired) electrons. The number of alkyl halides is 3. The molecule has 0 fully saturated rings. The van der Waals surface area contributed by atoms with Crippen molar-refractivity contribution in [2.45, 2.75) is 45.7 Å². The Morgan fingerprint density at radius 3 is 2.54 bits per heavy atom. The predicted molar refractivity (Wildman–Crippen MR) is 94.2 cm³/mol. The zero-order valence-electron chi connectivity index (χ0n) is 15.7. The van der Waals surface area contributed by atoms with E-state index in [0.29, 0.717) is 30.3 Å². The van der Waals surface area contributed by atoms with E-state index in [4.69, 9.17) is 4.74 Å². The van der Waals surface area contributed by atoms with E-state index in [2.05, 4.69) is 5.32 Å². The van der Waals surface area contributed by atoms with Crippen molar-refractivity contribution in [2.75, 3.05) is 6.61 Å². The Kier molecular flexibility index (Phi) is 6.49. The zero-order chi connectivity index (χ0) is 21.1. The lowest BCUT2D eigenvalue weighted by atomic mass is 9.78. The second-order valence-electron chi connectivity index (χ2n) is 6.30. The number of allylic oxidation sites excluding steroid dienone is 3. The minimum atomic E-state index is -4.86. The maximum absolute atomic E-state index is 13.6. The summed E-state index contributed by atoms with van der Waals surface area (Å²) in [6.07, 6.45) is -3.87. The fraction of sp³-hybridized carbons (Fsp3) is 0.400. The molecule has 1 unspecified atom stereocenters. The van der Waals surface area contributed by atoms with Gasteiger partial charge in [-0.25, -0.2) is 9.18 Å². The number of halogens is 4. The van der Waals surface area contributed by atoms with Crippen LogP contribution in [0.3, 0.4) is 0 Å². The molecule has 1 aromatic rings. The number of hydrogen-bond donors (Lipinski definition) is 1. The van der Waals surface area contributed by atoms with Crippen molar-refractivity contribution >= 4 is 5.97 Å². The molecule has 1 atom stereocenters. The molecule has 28 heavy (non-hydrogen) atoms. The Balaban J connectivity index is 2.83. The lowest BCUT2D eigenvalue weighted by Gasteiger charge is -2.31. The molecule has 0 spiro atoms. The summed E-state index contributed by atoms with van der Waals surface area (Å²) in [5.74, 6) is -3.16. The monoisotopic (exact) mass is 396 g/mol. The highest BCUT2D eigenvalue weighted by molar-refractivity contribution is 5.93. The first-order valence-electron chi connectivity index (χ1n) is 8.80. The van der Waals surface area contributed by atoms with Crippen molar-refractivity contribution in [1.82, 2.24) is 5.32 Å². The number of nitriles is 1. The second-order valence-corrected chi connectivity index (χ2v) is 6.30. The van der Waals surface area contributed by atoms with E-state index in [9.17, 15) is 27.6 Å². The third-order valence-electron chi connectivity index (χ3n) is 4.39. The first kappa shape index (κ1) is 21.5.